The van der Waals surface area contributed by atoms with Crippen molar-refractivity contribution in [2.24, 2.45) is 0 Å². The van der Waals surface area contributed by atoms with E-state index in [2.05, 4.69) is 21.2 Å². The number of nitrogens with one attached hydrogen (secondary N) is 1. The Morgan fingerprint density at radius 1 is 1.17 bits per heavy atom. The van der Waals surface area contributed by atoms with E-state index >= 15 is 0 Å². The molecule has 0 aliphatic heterocycles. The van der Waals surface area contributed by atoms with Crippen LogP contribution in [0.3, 0.4) is 0 Å². The van der Waals surface area contributed by atoms with Crippen LogP contribution in [0.1, 0.15) is 24.2 Å². The number of hydrogen-bond donors (Lipinski definition) is 1. The van der Waals surface area contributed by atoms with Crippen LogP contribution in [0.2, 0.25) is 0 Å². The molecule has 0 heterocycles. The van der Waals surface area contributed by atoms with Crippen LogP contribution in [0.4, 0.5) is 10.1 Å². The van der Waals surface area contributed by atoms with Gasteiger partial charge in [0.05, 0.1) is 0 Å². The largest absolute Gasteiger partial charge is 0.479 e. The Balaban J connectivity index is 2.08. The first-order valence-electron chi connectivity index (χ1n) is 6.90. The molecule has 0 unspecified atom stereocenters. The molecule has 6 heteroatoms. The van der Waals surface area contributed by atoms with E-state index in [0.717, 1.165) is 0 Å². The molecule has 0 spiro atoms. The summed E-state index contributed by atoms with van der Waals surface area (Å²) in [6.07, 6.45) is -0.836. The molecule has 0 radical (unpaired) electrons. The van der Waals surface area contributed by atoms with Gasteiger partial charge in [-0.15, -0.1) is 0 Å². The van der Waals surface area contributed by atoms with E-state index in [9.17, 15) is 14.0 Å². The monoisotopic (exact) mass is 379 g/mol. The Hall–Kier alpha value is -2.21. The van der Waals surface area contributed by atoms with Crippen LogP contribution < -0.4 is 10.1 Å². The molecule has 1 N–H and O–H groups in total. The van der Waals surface area contributed by atoms with E-state index in [0.29, 0.717) is 15.7 Å². The molecule has 2 aromatic rings. The van der Waals surface area contributed by atoms with Crippen molar-refractivity contribution in [2.75, 3.05) is 5.32 Å². The minimum atomic E-state index is -0.836. The first-order chi connectivity index (χ1) is 10.9. The lowest BCUT2D eigenvalue weighted by Crippen LogP contribution is -2.24. The Kier molecular flexibility index (Phi) is 5.50. The molecule has 0 bridgehead atoms. The topological polar surface area (TPSA) is 55.4 Å². The van der Waals surface area contributed by atoms with E-state index in [1.165, 1.54) is 19.1 Å². The Morgan fingerprint density at radius 3 is 2.39 bits per heavy atom. The minimum Gasteiger partial charge on any atom is -0.479 e. The van der Waals surface area contributed by atoms with Crippen molar-refractivity contribution < 1.29 is 18.7 Å². The van der Waals surface area contributed by atoms with Gasteiger partial charge in [0.2, 0.25) is 11.7 Å². The van der Waals surface area contributed by atoms with Crippen molar-refractivity contribution in [1.82, 2.24) is 0 Å². The fourth-order valence-corrected chi connectivity index (χ4v) is 2.30. The Labute approximate surface area is 141 Å². The van der Waals surface area contributed by atoms with Gasteiger partial charge in [0.25, 0.3) is 0 Å². The van der Waals surface area contributed by atoms with Crippen LogP contribution in [0.25, 0.3) is 0 Å². The highest BCUT2D eigenvalue weighted by Gasteiger charge is 2.18. The van der Waals surface area contributed by atoms with Gasteiger partial charge in [0, 0.05) is 22.6 Å². The maximum absolute atomic E-state index is 13.7. The molecule has 23 heavy (non-hydrogen) atoms. The highest BCUT2D eigenvalue weighted by atomic mass is 79.9. The number of rotatable bonds is 5. The molecule has 0 saturated heterocycles. The van der Waals surface area contributed by atoms with Crippen LogP contribution in [0.15, 0.2) is 46.9 Å². The zero-order valence-corrected chi connectivity index (χ0v) is 14.2. The second-order valence-corrected chi connectivity index (χ2v) is 5.87. The summed E-state index contributed by atoms with van der Waals surface area (Å²) in [4.78, 5) is 23.3. The Morgan fingerprint density at radius 2 is 1.83 bits per heavy atom. The fraction of sp³-hybridized carbons (Fsp3) is 0.176. The number of hydrogen-bond acceptors (Lipinski definition) is 3. The predicted octanol–water partition coefficient (Wildman–Crippen LogP) is 4.20. The quantitative estimate of drug-likeness (QED) is 0.792. The number of Topliss-reactive ketones (excluding diaryl/α,β-unsaturated/α-hetero) is 1. The van der Waals surface area contributed by atoms with Gasteiger partial charge in [0.1, 0.15) is 0 Å². The van der Waals surface area contributed by atoms with Crippen LogP contribution in [-0.4, -0.2) is 17.8 Å². The zero-order valence-electron chi connectivity index (χ0n) is 12.6. The van der Waals surface area contributed by atoms with Crippen molar-refractivity contribution in [1.29, 1.82) is 0 Å². The smallest absolute Gasteiger partial charge is 0.221 e. The highest BCUT2D eigenvalue weighted by molar-refractivity contribution is 9.10. The third kappa shape index (κ3) is 4.63. The SMILES string of the molecule is CC(=O)Nc1ccc(C(=O)[C@H](C)Oc2ccc(Br)cc2F)cc1. The maximum Gasteiger partial charge on any atom is 0.221 e. The zero-order chi connectivity index (χ0) is 17.0. The average molecular weight is 380 g/mol. The van der Waals surface area contributed by atoms with E-state index in [-0.39, 0.29) is 17.4 Å². The second kappa shape index (κ2) is 7.37. The molecule has 2 aromatic carbocycles. The fourth-order valence-electron chi connectivity index (χ4n) is 1.97. The number of benzene rings is 2. The number of carbonyl (C=O) groups excluding carboxylic acids is 2. The van der Waals surface area contributed by atoms with Crippen LogP contribution in [0, 0.1) is 5.82 Å². The van der Waals surface area contributed by atoms with Gasteiger partial charge in [-0.25, -0.2) is 4.39 Å². The Bertz CT molecular complexity index is 731. The van der Waals surface area contributed by atoms with Gasteiger partial charge in [-0.05, 0) is 49.4 Å². The first kappa shape index (κ1) is 17.1. The number of carbonyl (C=O) groups is 2. The van der Waals surface area contributed by atoms with Crippen LogP contribution >= 0.6 is 15.9 Å². The normalized spacial score (nSPS) is 11.7. The number of amides is 1. The van der Waals surface area contributed by atoms with Crippen molar-refractivity contribution >= 4 is 33.3 Å². The number of halogens is 2. The average Bonchev–Trinajstić information content (AvgIpc) is 2.49. The van der Waals surface area contributed by atoms with Crippen molar-refractivity contribution in [3.8, 4) is 5.75 Å². The minimum absolute atomic E-state index is 0.0175. The van der Waals surface area contributed by atoms with Crippen LogP contribution in [-0.2, 0) is 4.79 Å². The number of ether oxygens (including phenoxy) is 1. The lowest BCUT2D eigenvalue weighted by Gasteiger charge is -2.14. The summed E-state index contributed by atoms with van der Waals surface area (Å²) in [7, 11) is 0. The summed E-state index contributed by atoms with van der Waals surface area (Å²) in [5.74, 6) is -0.989. The van der Waals surface area contributed by atoms with Gasteiger partial charge in [-0.3, -0.25) is 9.59 Å². The molecule has 0 aliphatic carbocycles. The van der Waals surface area contributed by atoms with Gasteiger partial charge >= 0.3 is 0 Å². The lowest BCUT2D eigenvalue weighted by atomic mass is 10.1. The predicted molar refractivity (Wildman–Crippen MR) is 89.3 cm³/mol. The van der Waals surface area contributed by atoms with Gasteiger partial charge in [-0.2, -0.15) is 0 Å². The van der Waals surface area contributed by atoms with E-state index < -0.39 is 11.9 Å². The third-order valence-corrected chi connectivity index (χ3v) is 3.55. The summed E-state index contributed by atoms with van der Waals surface area (Å²) >= 11 is 3.16. The molecule has 0 saturated carbocycles. The summed E-state index contributed by atoms with van der Waals surface area (Å²) in [5.41, 5.74) is 1.02. The van der Waals surface area contributed by atoms with Crippen molar-refractivity contribution in [2.45, 2.75) is 20.0 Å². The lowest BCUT2D eigenvalue weighted by molar-refractivity contribution is -0.114. The maximum atomic E-state index is 13.7. The molecule has 0 aliphatic rings. The van der Waals surface area contributed by atoms with E-state index in [1.807, 2.05) is 0 Å². The molecule has 2 rings (SSSR count). The number of anilines is 1. The summed E-state index contributed by atoms with van der Waals surface area (Å²) in [5, 5.41) is 2.62. The van der Waals surface area contributed by atoms with Crippen LogP contribution in [0.5, 0.6) is 5.75 Å². The summed E-state index contributed by atoms with van der Waals surface area (Å²) in [6.45, 7) is 2.97. The molecular weight excluding hydrogens is 365 g/mol. The molecule has 1 atom stereocenters. The van der Waals surface area contributed by atoms with Gasteiger partial charge in [0.15, 0.2) is 17.7 Å². The molecular formula is C17H15BrFNO3. The van der Waals surface area contributed by atoms with Crippen molar-refractivity contribution in [3.05, 3.63) is 58.3 Å². The van der Waals surface area contributed by atoms with Crippen molar-refractivity contribution in [3.63, 3.8) is 0 Å². The highest BCUT2D eigenvalue weighted by Crippen LogP contribution is 2.23. The third-order valence-electron chi connectivity index (χ3n) is 3.06. The van der Waals surface area contributed by atoms with Gasteiger partial charge < -0.3 is 10.1 Å². The van der Waals surface area contributed by atoms with Gasteiger partial charge in [-0.1, -0.05) is 15.9 Å². The standard InChI is InChI=1S/C17H15BrFNO3/c1-10(23-16-8-5-13(18)9-15(16)19)17(22)12-3-6-14(7-4-12)20-11(2)21/h3-10H,1-2H3,(H,20,21)/t10-/m0/s1. The van der Waals surface area contributed by atoms with E-state index in [1.54, 1.807) is 37.3 Å². The second-order valence-electron chi connectivity index (χ2n) is 4.96. The molecule has 1 amide bonds. The number of ketones is 1. The van der Waals surface area contributed by atoms with E-state index in [4.69, 9.17) is 4.74 Å². The summed E-state index contributed by atoms with van der Waals surface area (Å²) in [6, 6.07) is 10.8. The molecule has 0 aromatic heterocycles. The molecule has 0 fully saturated rings. The first-order valence-corrected chi connectivity index (χ1v) is 7.69. The summed E-state index contributed by atoms with van der Waals surface area (Å²) < 4.78 is 19.7. The molecule has 120 valence electrons. The molecule has 4 nitrogen and oxygen atoms in total.